The SMILES string of the molecule is CC(C)CNC(=O)c1cccc(C2(C3CCN(C(=O)c4ccccc4)CC3)N=C(N)N(C)C2=O)c1. The molecule has 0 radical (unpaired) electrons. The Balaban J connectivity index is 1.61. The molecule has 2 aromatic carbocycles. The van der Waals surface area contributed by atoms with Crippen molar-refractivity contribution in [3.05, 3.63) is 71.3 Å². The normalized spacial score (nSPS) is 20.8. The van der Waals surface area contributed by atoms with Crippen LogP contribution in [0.25, 0.3) is 0 Å². The van der Waals surface area contributed by atoms with E-state index in [0.29, 0.717) is 55.1 Å². The highest BCUT2D eigenvalue weighted by atomic mass is 16.2. The lowest BCUT2D eigenvalue weighted by molar-refractivity contribution is -0.133. The van der Waals surface area contributed by atoms with Crippen LogP contribution in [-0.4, -0.2) is 60.2 Å². The van der Waals surface area contributed by atoms with Gasteiger partial charge in [-0.3, -0.25) is 19.3 Å². The summed E-state index contributed by atoms with van der Waals surface area (Å²) < 4.78 is 0. The monoisotopic (exact) mass is 475 g/mol. The maximum absolute atomic E-state index is 13.6. The number of hydrogen-bond donors (Lipinski definition) is 2. The topological polar surface area (TPSA) is 108 Å². The van der Waals surface area contributed by atoms with Gasteiger partial charge in [0.05, 0.1) is 0 Å². The van der Waals surface area contributed by atoms with Gasteiger partial charge < -0.3 is 16.0 Å². The van der Waals surface area contributed by atoms with Crippen molar-refractivity contribution in [1.29, 1.82) is 0 Å². The van der Waals surface area contributed by atoms with Crippen LogP contribution in [-0.2, 0) is 10.3 Å². The molecule has 2 heterocycles. The lowest BCUT2D eigenvalue weighted by Gasteiger charge is -2.40. The van der Waals surface area contributed by atoms with Crippen LogP contribution >= 0.6 is 0 Å². The summed E-state index contributed by atoms with van der Waals surface area (Å²) in [7, 11) is 1.62. The molecule has 0 aromatic heterocycles. The van der Waals surface area contributed by atoms with Crippen molar-refractivity contribution < 1.29 is 14.4 Å². The van der Waals surface area contributed by atoms with Crippen molar-refractivity contribution in [3.8, 4) is 0 Å². The molecule has 4 rings (SSSR count). The van der Waals surface area contributed by atoms with Gasteiger partial charge in [0.25, 0.3) is 17.7 Å². The number of likely N-dealkylation sites (N-methyl/N-ethyl adjacent to an activating group) is 1. The molecule has 2 aliphatic heterocycles. The number of amides is 3. The van der Waals surface area contributed by atoms with Gasteiger partial charge in [-0.2, -0.15) is 0 Å². The zero-order valence-corrected chi connectivity index (χ0v) is 20.5. The number of piperidine rings is 1. The van der Waals surface area contributed by atoms with E-state index in [1.807, 2.05) is 55.1 Å². The average molecular weight is 476 g/mol. The van der Waals surface area contributed by atoms with Gasteiger partial charge in [-0.15, -0.1) is 0 Å². The molecule has 1 atom stereocenters. The van der Waals surface area contributed by atoms with E-state index in [-0.39, 0.29) is 29.6 Å². The summed E-state index contributed by atoms with van der Waals surface area (Å²) in [6, 6.07) is 16.3. The summed E-state index contributed by atoms with van der Waals surface area (Å²) >= 11 is 0. The molecule has 8 nitrogen and oxygen atoms in total. The number of aliphatic imine (C=N–C) groups is 1. The minimum Gasteiger partial charge on any atom is -0.369 e. The Labute approximate surface area is 206 Å². The zero-order chi connectivity index (χ0) is 25.2. The van der Waals surface area contributed by atoms with Crippen LogP contribution in [0, 0.1) is 11.8 Å². The molecule has 2 aromatic rings. The molecule has 0 aliphatic carbocycles. The van der Waals surface area contributed by atoms with Gasteiger partial charge in [0, 0.05) is 43.7 Å². The molecule has 2 aliphatic rings. The van der Waals surface area contributed by atoms with Crippen molar-refractivity contribution in [3.63, 3.8) is 0 Å². The van der Waals surface area contributed by atoms with E-state index in [1.165, 1.54) is 4.90 Å². The number of likely N-dealkylation sites (tertiary alicyclic amines) is 1. The third-order valence-electron chi connectivity index (χ3n) is 6.89. The summed E-state index contributed by atoms with van der Waals surface area (Å²) in [5.74, 6) is -0.0800. The van der Waals surface area contributed by atoms with Crippen LogP contribution in [0.2, 0.25) is 0 Å². The van der Waals surface area contributed by atoms with Crippen LogP contribution in [0.4, 0.5) is 0 Å². The highest BCUT2D eigenvalue weighted by Crippen LogP contribution is 2.44. The van der Waals surface area contributed by atoms with Crippen molar-refractivity contribution in [2.75, 3.05) is 26.7 Å². The third-order valence-corrected chi connectivity index (χ3v) is 6.89. The van der Waals surface area contributed by atoms with Crippen molar-refractivity contribution in [2.45, 2.75) is 32.2 Å². The first-order valence-corrected chi connectivity index (χ1v) is 12.1. The fourth-order valence-corrected chi connectivity index (χ4v) is 4.91. The maximum atomic E-state index is 13.6. The van der Waals surface area contributed by atoms with Gasteiger partial charge in [-0.1, -0.05) is 44.2 Å². The molecule has 3 amide bonds. The highest BCUT2D eigenvalue weighted by Gasteiger charge is 2.54. The first-order valence-electron chi connectivity index (χ1n) is 12.1. The quantitative estimate of drug-likeness (QED) is 0.669. The van der Waals surface area contributed by atoms with Crippen LogP contribution in [0.15, 0.2) is 59.6 Å². The number of nitrogens with one attached hydrogen (secondary N) is 1. The average Bonchev–Trinajstić information content (AvgIpc) is 3.12. The molecule has 0 spiro atoms. The Morgan fingerprint density at radius 3 is 2.34 bits per heavy atom. The third kappa shape index (κ3) is 4.65. The van der Waals surface area contributed by atoms with Crippen molar-refractivity contribution >= 4 is 23.7 Å². The lowest BCUT2D eigenvalue weighted by atomic mass is 9.73. The number of hydrogen-bond acceptors (Lipinski definition) is 5. The molecule has 35 heavy (non-hydrogen) atoms. The number of benzene rings is 2. The number of rotatable bonds is 6. The maximum Gasteiger partial charge on any atom is 0.261 e. The first-order chi connectivity index (χ1) is 16.7. The summed E-state index contributed by atoms with van der Waals surface area (Å²) in [6.07, 6.45) is 1.19. The summed E-state index contributed by atoms with van der Waals surface area (Å²) in [5, 5.41) is 2.93. The van der Waals surface area contributed by atoms with E-state index in [2.05, 4.69) is 5.32 Å². The van der Waals surface area contributed by atoms with Gasteiger partial charge in [0.15, 0.2) is 11.5 Å². The molecular weight excluding hydrogens is 442 g/mol. The van der Waals surface area contributed by atoms with E-state index in [9.17, 15) is 14.4 Å². The van der Waals surface area contributed by atoms with E-state index < -0.39 is 5.54 Å². The van der Waals surface area contributed by atoms with Crippen LogP contribution in [0.3, 0.4) is 0 Å². The number of carbonyl (C=O) groups excluding carboxylic acids is 3. The Kier molecular flexibility index (Phi) is 6.91. The van der Waals surface area contributed by atoms with Crippen LogP contribution in [0.1, 0.15) is 53.0 Å². The van der Waals surface area contributed by atoms with E-state index in [0.717, 1.165) is 0 Å². The molecule has 0 saturated carbocycles. The predicted molar refractivity (Wildman–Crippen MR) is 135 cm³/mol. The number of carbonyl (C=O) groups is 3. The molecule has 184 valence electrons. The van der Waals surface area contributed by atoms with Crippen molar-refractivity contribution in [2.24, 2.45) is 22.6 Å². The Morgan fingerprint density at radius 2 is 1.74 bits per heavy atom. The standard InChI is InChI=1S/C27H33N5O3/c1-18(2)17-29-23(33)20-10-7-11-22(16-20)27(25(35)31(3)26(28)30-27)21-12-14-32(15-13-21)24(34)19-8-5-4-6-9-19/h4-11,16,18,21H,12-15,17H2,1-3H3,(H2,28,30)(H,29,33). The lowest BCUT2D eigenvalue weighted by Crippen LogP contribution is -2.49. The van der Waals surface area contributed by atoms with Gasteiger partial charge in [0.2, 0.25) is 0 Å². The molecule has 3 N–H and O–H groups in total. The molecule has 8 heteroatoms. The molecular formula is C27H33N5O3. The van der Waals surface area contributed by atoms with Crippen molar-refractivity contribution in [1.82, 2.24) is 15.1 Å². The second-order valence-electron chi connectivity index (χ2n) is 9.72. The fourth-order valence-electron chi connectivity index (χ4n) is 4.91. The Morgan fingerprint density at radius 1 is 1.09 bits per heavy atom. The number of nitrogens with two attached hydrogens (primary N) is 1. The summed E-state index contributed by atoms with van der Waals surface area (Å²) in [6.45, 7) is 5.66. The molecule has 1 fully saturated rings. The highest BCUT2D eigenvalue weighted by molar-refractivity contribution is 6.07. The second kappa shape index (κ2) is 9.90. The number of guanidine groups is 1. The minimum atomic E-state index is -1.21. The smallest absolute Gasteiger partial charge is 0.261 e. The minimum absolute atomic E-state index is 0.0141. The summed E-state index contributed by atoms with van der Waals surface area (Å²) in [4.78, 5) is 47.2. The van der Waals surface area contributed by atoms with Crippen LogP contribution in [0.5, 0.6) is 0 Å². The largest absolute Gasteiger partial charge is 0.369 e. The van der Waals surface area contributed by atoms with Gasteiger partial charge >= 0.3 is 0 Å². The van der Waals surface area contributed by atoms with Gasteiger partial charge in [0.1, 0.15) is 0 Å². The van der Waals surface area contributed by atoms with Gasteiger partial charge in [-0.05, 0) is 48.6 Å². The number of nitrogens with zero attached hydrogens (tertiary/aromatic N) is 3. The van der Waals surface area contributed by atoms with Gasteiger partial charge in [-0.25, -0.2) is 4.99 Å². The zero-order valence-electron chi connectivity index (χ0n) is 20.5. The van der Waals surface area contributed by atoms with E-state index >= 15 is 0 Å². The summed E-state index contributed by atoms with van der Waals surface area (Å²) in [5.41, 5.74) is 6.70. The molecule has 1 saturated heterocycles. The Bertz CT molecular complexity index is 1140. The first kappa shape index (κ1) is 24.4. The van der Waals surface area contributed by atoms with E-state index in [1.54, 1.807) is 25.2 Å². The molecule has 0 bridgehead atoms. The van der Waals surface area contributed by atoms with E-state index in [4.69, 9.17) is 10.7 Å². The second-order valence-corrected chi connectivity index (χ2v) is 9.72. The fraction of sp³-hybridized carbons (Fsp3) is 0.407. The predicted octanol–water partition coefficient (Wildman–Crippen LogP) is 2.61. The van der Waals surface area contributed by atoms with Crippen LogP contribution < -0.4 is 11.1 Å². The molecule has 1 unspecified atom stereocenters. The Hall–Kier alpha value is -3.68.